The van der Waals surface area contributed by atoms with Crippen LogP contribution in [0, 0.1) is 0 Å². The van der Waals surface area contributed by atoms with Crippen molar-refractivity contribution in [3.63, 3.8) is 0 Å². The molecule has 3 aromatic carbocycles. The van der Waals surface area contributed by atoms with Gasteiger partial charge in [0.25, 0.3) is 0 Å². The molecule has 0 saturated heterocycles. The fourth-order valence-corrected chi connectivity index (χ4v) is 5.03. The molecule has 1 aliphatic carbocycles. The second-order valence-corrected chi connectivity index (χ2v) is 8.67. The van der Waals surface area contributed by atoms with E-state index in [0.29, 0.717) is 13.0 Å². The Morgan fingerprint density at radius 3 is 2.61 bits per heavy atom. The molecular formula is C29H24N2O2. The van der Waals surface area contributed by atoms with Gasteiger partial charge in [-0.1, -0.05) is 48.5 Å². The van der Waals surface area contributed by atoms with Gasteiger partial charge in [-0.05, 0) is 59.9 Å². The van der Waals surface area contributed by atoms with Crippen LogP contribution in [0.15, 0.2) is 96.3 Å². The van der Waals surface area contributed by atoms with Crippen LogP contribution in [0.1, 0.15) is 41.9 Å². The highest BCUT2D eigenvalue weighted by Gasteiger charge is 2.35. The predicted octanol–water partition coefficient (Wildman–Crippen LogP) is 6.38. The first-order chi connectivity index (χ1) is 16.3. The number of fused-ring (bicyclic) bond motifs is 3. The largest absolute Gasteiger partial charge is 0.489 e. The average molecular weight is 433 g/mol. The molecule has 2 heterocycles. The minimum absolute atomic E-state index is 0.0863. The molecule has 0 spiro atoms. The first-order valence-corrected chi connectivity index (χ1v) is 11.5. The Balaban J connectivity index is 1.39. The van der Waals surface area contributed by atoms with Crippen molar-refractivity contribution in [3.8, 4) is 5.75 Å². The van der Waals surface area contributed by atoms with Crippen molar-refractivity contribution < 1.29 is 9.53 Å². The van der Waals surface area contributed by atoms with E-state index in [1.54, 1.807) is 0 Å². The molecule has 33 heavy (non-hydrogen) atoms. The predicted molar refractivity (Wildman–Crippen MR) is 130 cm³/mol. The summed E-state index contributed by atoms with van der Waals surface area (Å²) in [6.07, 6.45) is 4.21. The van der Waals surface area contributed by atoms with Crippen molar-refractivity contribution in [3.05, 3.63) is 113 Å². The number of hydrogen-bond acceptors (Lipinski definition) is 4. The highest BCUT2D eigenvalue weighted by molar-refractivity contribution is 6.04. The Kier molecular flexibility index (Phi) is 4.91. The Morgan fingerprint density at radius 1 is 0.909 bits per heavy atom. The fraction of sp³-hybridized carbons (Fsp3) is 0.172. The highest BCUT2D eigenvalue weighted by atomic mass is 16.5. The lowest BCUT2D eigenvalue weighted by Crippen LogP contribution is -2.27. The van der Waals surface area contributed by atoms with Crippen LogP contribution in [0.25, 0.3) is 10.9 Å². The van der Waals surface area contributed by atoms with Crippen LogP contribution in [-0.4, -0.2) is 10.8 Å². The van der Waals surface area contributed by atoms with E-state index < -0.39 is 0 Å². The Bertz CT molecular complexity index is 1370. The Hall–Kier alpha value is -3.92. The van der Waals surface area contributed by atoms with E-state index in [1.807, 2.05) is 42.6 Å². The minimum Gasteiger partial charge on any atom is -0.489 e. The quantitative estimate of drug-likeness (QED) is 0.407. The number of pyridine rings is 1. The summed E-state index contributed by atoms with van der Waals surface area (Å²) < 4.78 is 5.99. The number of benzene rings is 3. The molecule has 0 fully saturated rings. The molecule has 4 heteroatoms. The van der Waals surface area contributed by atoms with E-state index >= 15 is 0 Å². The van der Waals surface area contributed by atoms with Crippen molar-refractivity contribution in [2.24, 2.45) is 0 Å². The van der Waals surface area contributed by atoms with Crippen molar-refractivity contribution in [1.82, 2.24) is 4.98 Å². The van der Waals surface area contributed by atoms with E-state index in [0.717, 1.165) is 63.1 Å². The molecule has 1 atom stereocenters. The van der Waals surface area contributed by atoms with Crippen LogP contribution in [0.4, 0.5) is 5.69 Å². The molecule has 6 rings (SSSR count). The minimum atomic E-state index is -0.0863. The van der Waals surface area contributed by atoms with Gasteiger partial charge in [0.2, 0.25) is 0 Å². The number of allylic oxidation sites excluding steroid dienone is 2. The van der Waals surface area contributed by atoms with E-state index in [1.165, 1.54) is 0 Å². The topological polar surface area (TPSA) is 51.2 Å². The molecule has 0 bridgehead atoms. The summed E-state index contributed by atoms with van der Waals surface area (Å²) in [4.78, 5) is 17.6. The van der Waals surface area contributed by atoms with Gasteiger partial charge in [-0.15, -0.1) is 0 Å². The van der Waals surface area contributed by atoms with Crippen molar-refractivity contribution in [2.75, 3.05) is 5.32 Å². The highest BCUT2D eigenvalue weighted by Crippen LogP contribution is 2.47. The fourth-order valence-electron chi connectivity index (χ4n) is 5.03. The summed E-state index contributed by atoms with van der Waals surface area (Å²) in [6.45, 7) is 0.531. The summed E-state index contributed by atoms with van der Waals surface area (Å²) in [6, 6.07) is 26.6. The van der Waals surface area contributed by atoms with Crippen LogP contribution in [-0.2, 0) is 11.4 Å². The monoisotopic (exact) mass is 432 g/mol. The summed E-state index contributed by atoms with van der Waals surface area (Å²) >= 11 is 0. The van der Waals surface area contributed by atoms with Gasteiger partial charge in [0.05, 0.1) is 11.2 Å². The van der Waals surface area contributed by atoms with E-state index in [2.05, 4.69) is 52.8 Å². The van der Waals surface area contributed by atoms with Crippen molar-refractivity contribution >= 4 is 22.4 Å². The molecule has 162 valence electrons. The molecule has 1 aliphatic heterocycles. The maximum absolute atomic E-state index is 13.1. The number of Topliss-reactive ketones (excluding diaryl/α,β-unsaturated/α-hetero) is 1. The van der Waals surface area contributed by atoms with Crippen molar-refractivity contribution in [1.29, 1.82) is 0 Å². The van der Waals surface area contributed by atoms with Crippen molar-refractivity contribution in [2.45, 2.75) is 31.8 Å². The standard InChI is InChI=1S/C29H24N2O2/c32-26-10-4-9-25-28(26)27(23-15-16-24-22(29(23)31-25)8-5-17-30-24)20-11-13-21(14-12-20)33-18-19-6-2-1-3-7-19/h1-3,5-8,11-17,27,31H,4,9-10,18H2. The second-order valence-electron chi connectivity index (χ2n) is 8.67. The third-order valence-electron chi connectivity index (χ3n) is 6.61. The number of hydrogen-bond donors (Lipinski definition) is 1. The van der Waals surface area contributed by atoms with Crippen LogP contribution >= 0.6 is 0 Å². The maximum atomic E-state index is 13.1. The SMILES string of the molecule is O=C1CCCC2=C1C(c1ccc(OCc3ccccc3)cc1)c1ccc3ncccc3c1N2. The zero-order valence-electron chi connectivity index (χ0n) is 18.3. The lowest BCUT2D eigenvalue weighted by molar-refractivity contribution is -0.116. The third-order valence-corrected chi connectivity index (χ3v) is 6.61. The molecule has 4 nitrogen and oxygen atoms in total. The lowest BCUT2D eigenvalue weighted by Gasteiger charge is -2.34. The number of rotatable bonds is 4. The van der Waals surface area contributed by atoms with Gasteiger partial charge < -0.3 is 10.1 Å². The van der Waals surface area contributed by atoms with Crippen LogP contribution in [0.5, 0.6) is 5.75 Å². The number of nitrogens with one attached hydrogen (secondary N) is 1. The third kappa shape index (κ3) is 3.58. The van der Waals surface area contributed by atoms with Gasteiger partial charge in [0.15, 0.2) is 5.78 Å². The van der Waals surface area contributed by atoms with Gasteiger partial charge in [-0.2, -0.15) is 0 Å². The number of nitrogens with zero attached hydrogens (tertiary/aromatic N) is 1. The second kappa shape index (κ2) is 8.21. The van der Waals surface area contributed by atoms with Crippen LogP contribution in [0.2, 0.25) is 0 Å². The number of anilines is 1. The molecule has 1 unspecified atom stereocenters. The van der Waals surface area contributed by atoms with E-state index in [9.17, 15) is 4.79 Å². The Morgan fingerprint density at radius 2 is 1.76 bits per heavy atom. The van der Waals surface area contributed by atoms with Crippen LogP contribution < -0.4 is 10.1 Å². The zero-order chi connectivity index (χ0) is 22.2. The summed E-state index contributed by atoms with van der Waals surface area (Å²) in [5.74, 6) is 0.982. The maximum Gasteiger partial charge on any atom is 0.161 e. The first-order valence-electron chi connectivity index (χ1n) is 11.5. The molecule has 0 saturated carbocycles. The molecule has 4 aromatic rings. The summed E-state index contributed by atoms with van der Waals surface area (Å²) in [7, 11) is 0. The lowest BCUT2D eigenvalue weighted by atomic mass is 9.75. The molecule has 0 radical (unpaired) electrons. The molecule has 1 N–H and O–H groups in total. The number of carbonyl (C=O) groups is 1. The molecular weight excluding hydrogens is 408 g/mol. The molecule has 1 aromatic heterocycles. The van der Waals surface area contributed by atoms with Gasteiger partial charge in [0.1, 0.15) is 12.4 Å². The molecule has 2 aliphatic rings. The average Bonchev–Trinajstić information content (AvgIpc) is 2.87. The van der Waals surface area contributed by atoms with E-state index in [4.69, 9.17) is 4.74 Å². The van der Waals surface area contributed by atoms with Gasteiger partial charge in [-0.25, -0.2) is 0 Å². The summed E-state index contributed by atoms with van der Waals surface area (Å²) in [5.41, 5.74) is 7.37. The molecule has 0 amide bonds. The number of ether oxygens (including phenoxy) is 1. The Labute approximate surface area is 192 Å². The number of carbonyl (C=O) groups excluding carboxylic acids is 1. The normalized spacial score (nSPS) is 17.3. The summed E-state index contributed by atoms with van der Waals surface area (Å²) in [5, 5.41) is 4.71. The van der Waals surface area contributed by atoms with Crippen LogP contribution in [0.3, 0.4) is 0 Å². The number of aromatic nitrogens is 1. The number of ketones is 1. The van der Waals surface area contributed by atoms with Gasteiger partial charge in [-0.3, -0.25) is 9.78 Å². The first kappa shape index (κ1) is 19.7. The van der Waals surface area contributed by atoms with Gasteiger partial charge >= 0.3 is 0 Å². The zero-order valence-corrected chi connectivity index (χ0v) is 18.3. The van der Waals surface area contributed by atoms with E-state index in [-0.39, 0.29) is 11.7 Å². The van der Waals surface area contributed by atoms with Gasteiger partial charge in [0, 0.05) is 35.2 Å². The smallest absolute Gasteiger partial charge is 0.161 e.